The Hall–Kier alpha value is -2.34. The molecule has 0 bridgehead atoms. The van der Waals surface area contributed by atoms with Gasteiger partial charge < -0.3 is 14.8 Å². The molecule has 22 heavy (non-hydrogen) atoms. The molecule has 0 fully saturated rings. The van der Waals surface area contributed by atoms with Crippen LogP contribution in [0, 0.1) is 5.82 Å². The van der Waals surface area contributed by atoms with Gasteiger partial charge in [-0.1, -0.05) is 6.07 Å². The molecular weight excluding hydrogens is 353 g/mol. The molecule has 0 saturated heterocycles. The van der Waals surface area contributed by atoms with Crippen LogP contribution in [0.2, 0.25) is 0 Å². The highest BCUT2D eigenvalue weighted by atomic mass is 79.9. The lowest BCUT2D eigenvalue weighted by Crippen LogP contribution is -2.09. The first-order valence-electron chi connectivity index (χ1n) is 6.45. The topological polar surface area (TPSA) is 62.5 Å². The van der Waals surface area contributed by atoms with Crippen molar-refractivity contribution in [3.63, 3.8) is 0 Å². The summed E-state index contributed by atoms with van der Waals surface area (Å²) in [5, 5.41) is 19.5. The molecule has 0 amide bonds. The van der Waals surface area contributed by atoms with Gasteiger partial charge in [0.2, 0.25) is 0 Å². The Morgan fingerprint density at radius 2 is 1.95 bits per heavy atom. The molecule has 0 atom stereocenters. The Kier molecular flexibility index (Phi) is 3.62. The first-order chi connectivity index (χ1) is 10.5. The van der Waals surface area contributed by atoms with E-state index in [4.69, 9.17) is 0 Å². The molecule has 2 aromatic carbocycles. The highest BCUT2D eigenvalue weighted by Crippen LogP contribution is 2.26. The summed E-state index contributed by atoms with van der Waals surface area (Å²) in [6.45, 7) is 0.286. The number of halogens is 2. The number of phenolic OH excluding ortho intramolecular Hbond substituents is 1. The van der Waals surface area contributed by atoms with Crippen LogP contribution in [0.4, 0.5) is 4.39 Å². The third-order valence-electron chi connectivity index (χ3n) is 3.43. The number of hydrogen-bond donors (Lipinski definition) is 2. The minimum atomic E-state index is -1.06. The quantitative estimate of drug-likeness (QED) is 0.739. The van der Waals surface area contributed by atoms with Gasteiger partial charge in [-0.2, -0.15) is 0 Å². The van der Waals surface area contributed by atoms with Crippen molar-refractivity contribution >= 4 is 32.8 Å². The van der Waals surface area contributed by atoms with Crippen LogP contribution >= 0.6 is 15.9 Å². The molecule has 0 aliphatic carbocycles. The minimum absolute atomic E-state index is 0.0751. The second kappa shape index (κ2) is 5.46. The van der Waals surface area contributed by atoms with Crippen molar-refractivity contribution in [2.24, 2.45) is 0 Å². The maximum absolute atomic E-state index is 13.3. The predicted octanol–water partition coefficient (Wildman–Crippen LogP) is 4.00. The molecule has 3 rings (SSSR count). The number of hydrogen-bond acceptors (Lipinski definition) is 2. The van der Waals surface area contributed by atoms with Crippen molar-refractivity contribution < 1.29 is 19.4 Å². The molecule has 1 aromatic heterocycles. The SMILES string of the molecule is O=C(O)c1cc2cc(O)ccc2n1Cc1ccc(F)c(Br)c1. The largest absolute Gasteiger partial charge is 0.508 e. The third-order valence-corrected chi connectivity index (χ3v) is 4.04. The number of nitrogens with zero attached hydrogens (tertiary/aromatic N) is 1. The molecule has 2 N–H and O–H groups in total. The number of carboxylic acid groups (broad SMARTS) is 1. The van der Waals surface area contributed by atoms with Gasteiger partial charge in [-0.05, 0) is 57.9 Å². The summed E-state index contributed by atoms with van der Waals surface area (Å²) < 4.78 is 15.3. The zero-order valence-electron chi connectivity index (χ0n) is 11.3. The van der Waals surface area contributed by atoms with Crippen molar-refractivity contribution in [1.82, 2.24) is 4.57 Å². The van der Waals surface area contributed by atoms with E-state index in [0.29, 0.717) is 15.4 Å². The van der Waals surface area contributed by atoms with Gasteiger partial charge in [-0.3, -0.25) is 0 Å². The molecule has 4 nitrogen and oxygen atoms in total. The summed E-state index contributed by atoms with van der Waals surface area (Å²) in [5.41, 5.74) is 1.57. The Balaban J connectivity index is 2.13. The monoisotopic (exact) mass is 363 g/mol. The molecule has 0 unspecified atom stereocenters. The molecule has 0 saturated carbocycles. The first-order valence-corrected chi connectivity index (χ1v) is 7.24. The van der Waals surface area contributed by atoms with E-state index in [1.165, 1.54) is 24.3 Å². The van der Waals surface area contributed by atoms with Gasteiger partial charge in [0.1, 0.15) is 17.3 Å². The van der Waals surface area contributed by atoms with Crippen molar-refractivity contribution in [3.05, 3.63) is 64.0 Å². The van der Waals surface area contributed by atoms with Crippen LogP contribution < -0.4 is 0 Å². The minimum Gasteiger partial charge on any atom is -0.508 e. The van der Waals surface area contributed by atoms with Crippen molar-refractivity contribution in [1.29, 1.82) is 0 Å². The Morgan fingerprint density at radius 1 is 1.18 bits per heavy atom. The van der Waals surface area contributed by atoms with Gasteiger partial charge in [-0.15, -0.1) is 0 Å². The first kappa shape index (κ1) is 14.6. The normalized spacial score (nSPS) is 11.0. The van der Waals surface area contributed by atoms with Crippen LogP contribution in [0.15, 0.2) is 46.9 Å². The van der Waals surface area contributed by atoms with Gasteiger partial charge in [0.25, 0.3) is 0 Å². The maximum atomic E-state index is 13.3. The Morgan fingerprint density at radius 3 is 2.64 bits per heavy atom. The van der Waals surface area contributed by atoms with Crippen molar-refractivity contribution in [2.45, 2.75) is 6.54 Å². The molecule has 0 spiro atoms. The number of aromatic carboxylic acids is 1. The second-order valence-electron chi connectivity index (χ2n) is 4.91. The molecular formula is C16H11BrFNO3. The molecule has 0 radical (unpaired) electrons. The Bertz CT molecular complexity index is 888. The number of phenols is 1. The highest BCUT2D eigenvalue weighted by Gasteiger charge is 2.15. The predicted molar refractivity (Wildman–Crippen MR) is 83.8 cm³/mol. The van der Waals surface area contributed by atoms with Crippen LogP contribution in [0.3, 0.4) is 0 Å². The number of rotatable bonds is 3. The molecule has 0 aliphatic heterocycles. The number of aromatic nitrogens is 1. The van der Waals surface area contributed by atoms with E-state index in [2.05, 4.69) is 15.9 Å². The molecule has 1 heterocycles. The van der Waals surface area contributed by atoms with Crippen molar-refractivity contribution in [3.8, 4) is 5.75 Å². The van der Waals surface area contributed by atoms with Crippen molar-refractivity contribution in [2.75, 3.05) is 0 Å². The number of fused-ring (bicyclic) bond motifs is 1. The summed E-state index contributed by atoms with van der Waals surface area (Å²) >= 11 is 3.12. The zero-order chi connectivity index (χ0) is 15.9. The van der Waals surface area contributed by atoms with E-state index < -0.39 is 5.97 Å². The van der Waals surface area contributed by atoms with Gasteiger partial charge in [-0.25, -0.2) is 9.18 Å². The van der Waals surface area contributed by atoms with E-state index in [1.54, 1.807) is 22.8 Å². The van der Waals surface area contributed by atoms with Crippen LogP contribution in [0.5, 0.6) is 5.75 Å². The number of aromatic hydroxyl groups is 1. The van der Waals surface area contributed by atoms with Gasteiger partial charge in [0.05, 0.1) is 4.47 Å². The molecule has 112 valence electrons. The highest BCUT2D eigenvalue weighted by molar-refractivity contribution is 9.10. The van der Waals surface area contributed by atoms with E-state index >= 15 is 0 Å². The lowest BCUT2D eigenvalue weighted by atomic mass is 10.2. The smallest absolute Gasteiger partial charge is 0.352 e. The lowest BCUT2D eigenvalue weighted by Gasteiger charge is -2.09. The fraction of sp³-hybridized carbons (Fsp3) is 0.0625. The van der Waals surface area contributed by atoms with Crippen LogP contribution in [-0.2, 0) is 6.54 Å². The number of carbonyl (C=O) groups is 1. The molecule has 6 heteroatoms. The van der Waals surface area contributed by atoms with E-state index in [1.807, 2.05) is 0 Å². The van der Waals surface area contributed by atoms with E-state index in [9.17, 15) is 19.4 Å². The maximum Gasteiger partial charge on any atom is 0.352 e. The summed E-state index contributed by atoms with van der Waals surface area (Å²) in [6.07, 6.45) is 0. The summed E-state index contributed by atoms with van der Waals surface area (Å²) in [7, 11) is 0. The lowest BCUT2D eigenvalue weighted by molar-refractivity contribution is 0.0686. The molecule has 0 aliphatic rings. The van der Waals surface area contributed by atoms with Crippen LogP contribution in [0.25, 0.3) is 10.9 Å². The van der Waals surface area contributed by atoms with Crippen LogP contribution in [-0.4, -0.2) is 20.7 Å². The fourth-order valence-electron chi connectivity index (χ4n) is 2.43. The average Bonchev–Trinajstić information content (AvgIpc) is 2.81. The number of carboxylic acids is 1. The fourth-order valence-corrected chi connectivity index (χ4v) is 2.85. The summed E-state index contributed by atoms with van der Waals surface area (Å²) in [6, 6.07) is 10.7. The standard InChI is InChI=1S/C16H11BrFNO3/c17-12-5-9(1-3-13(12)18)8-19-14-4-2-11(20)6-10(14)7-15(19)16(21)22/h1-7,20H,8H2,(H,21,22). The van der Waals surface area contributed by atoms with Gasteiger partial charge in [0.15, 0.2) is 0 Å². The average molecular weight is 364 g/mol. The molecule has 3 aromatic rings. The Labute approximate surface area is 133 Å². The van der Waals surface area contributed by atoms with E-state index in [0.717, 1.165) is 5.56 Å². The van der Waals surface area contributed by atoms with Crippen LogP contribution in [0.1, 0.15) is 16.1 Å². The third kappa shape index (κ3) is 2.57. The zero-order valence-corrected chi connectivity index (χ0v) is 12.8. The van der Waals surface area contributed by atoms with Gasteiger partial charge >= 0.3 is 5.97 Å². The summed E-state index contributed by atoms with van der Waals surface area (Å²) in [5.74, 6) is -1.35. The van der Waals surface area contributed by atoms with E-state index in [-0.39, 0.29) is 23.8 Å². The summed E-state index contributed by atoms with van der Waals surface area (Å²) in [4.78, 5) is 11.4. The number of benzene rings is 2. The second-order valence-corrected chi connectivity index (χ2v) is 5.77. The van der Waals surface area contributed by atoms with Gasteiger partial charge in [0, 0.05) is 17.4 Å².